The van der Waals surface area contributed by atoms with Gasteiger partial charge in [0.2, 0.25) is 0 Å². The van der Waals surface area contributed by atoms with Gasteiger partial charge in [-0.25, -0.2) is 4.39 Å². The maximum Gasteiger partial charge on any atom is 0.303 e. The normalized spacial score (nSPS) is 10.6. The van der Waals surface area contributed by atoms with Crippen molar-refractivity contribution in [2.24, 2.45) is 0 Å². The summed E-state index contributed by atoms with van der Waals surface area (Å²) in [5.41, 5.74) is 2.67. The molecule has 4 nitrogen and oxygen atoms in total. The van der Waals surface area contributed by atoms with Crippen LogP contribution in [0.4, 0.5) is 4.39 Å². The van der Waals surface area contributed by atoms with E-state index in [2.05, 4.69) is 0 Å². The van der Waals surface area contributed by atoms with Crippen LogP contribution in [0.15, 0.2) is 60.7 Å². The minimum absolute atomic E-state index is 0.0708. The molecule has 6 heteroatoms. The van der Waals surface area contributed by atoms with Gasteiger partial charge in [-0.15, -0.1) is 0 Å². The van der Waals surface area contributed by atoms with Crippen LogP contribution in [0, 0.1) is 5.82 Å². The Morgan fingerprint density at radius 3 is 2.55 bits per heavy atom. The molecule has 3 aromatic carbocycles. The molecule has 0 amide bonds. The van der Waals surface area contributed by atoms with Gasteiger partial charge in [-0.05, 0) is 53.9 Å². The summed E-state index contributed by atoms with van der Waals surface area (Å²) in [7, 11) is 1.52. The molecule has 0 fully saturated rings. The van der Waals surface area contributed by atoms with Gasteiger partial charge in [-0.1, -0.05) is 35.9 Å². The van der Waals surface area contributed by atoms with E-state index < -0.39 is 5.97 Å². The topological polar surface area (TPSA) is 55.8 Å². The second-order valence-electron chi connectivity index (χ2n) is 6.49. The Morgan fingerprint density at radius 2 is 1.83 bits per heavy atom. The van der Waals surface area contributed by atoms with Crippen LogP contribution < -0.4 is 9.47 Å². The fraction of sp³-hybridized carbons (Fsp3) is 0.174. The summed E-state index contributed by atoms with van der Waals surface area (Å²) >= 11 is 6.39. The fourth-order valence-electron chi connectivity index (χ4n) is 2.91. The lowest BCUT2D eigenvalue weighted by Crippen LogP contribution is -1.99. The van der Waals surface area contributed by atoms with Gasteiger partial charge in [0.05, 0.1) is 7.11 Å². The number of benzene rings is 3. The van der Waals surface area contributed by atoms with E-state index in [9.17, 15) is 9.18 Å². The number of aryl methyl sites for hydroxylation is 1. The number of methoxy groups -OCH3 is 1. The van der Waals surface area contributed by atoms with Crippen molar-refractivity contribution in [1.29, 1.82) is 0 Å². The van der Waals surface area contributed by atoms with Crippen LogP contribution in [0.25, 0.3) is 11.1 Å². The highest BCUT2D eigenvalue weighted by Crippen LogP contribution is 2.33. The molecule has 0 unspecified atom stereocenters. The van der Waals surface area contributed by atoms with Gasteiger partial charge in [0.25, 0.3) is 0 Å². The molecular weight excluding hydrogens is 395 g/mol. The monoisotopic (exact) mass is 414 g/mol. The lowest BCUT2D eigenvalue weighted by Gasteiger charge is -2.11. The zero-order chi connectivity index (χ0) is 20.8. The predicted octanol–water partition coefficient (Wildman–Crippen LogP) is 5.75. The van der Waals surface area contributed by atoms with Crippen LogP contribution in [0.1, 0.15) is 17.5 Å². The fourth-order valence-corrected chi connectivity index (χ4v) is 3.22. The van der Waals surface area contributed by atoms with Crippen LogP contribution in [0.3, 0.4) is 0 Å². The van der Waals surface area contributed by atoms with Crippen molar-refractivity contribution in [2.45, 2.75) is 19.4 Å². The van der Waals surface area contributed by atoms with Crippen molar-refractivity contribution in [3.8, 4) is 22.6 Å². The SMILES string of the molecule is COc1ccc(F)c(-c2ccc(COc3cccc(CCC(=O)O)c3)cc2Cl)c1. The van der Waals surface area contributed by atoms with Crippen molar-refractivity contribution in [2.75, 3.05) is 7.11 Å². The molecule has 0 aliphatic carbocycles. The van der Waals surface area contributed by atoms with Crippen molar-refractivity contribution in [3.63, 3.8) is 0 Å². The quantitative estimate of drug-likeness (QED) is 0.509. The summed E-state index contributed by atoms with van der Waals surface area (Å²) in [5, 5.41) is 9.21. The lowest BCUT2D eigenvalue weighted by molar-refractivity contribution is -0.136. The van der Waals surface area contributed by atoms with E-state index >= 15 is 0 Å². The van der Waals surface area contributed by atoms with E-state index in [1.807, 2.05) is 30.3 Å². The number of hydrogen-bond acceptors (Lipinski definition) is 3. The first-order valence-corrected chi connectivity index (χ1v) is 9.40. The first-order valence-electron chi connectivity index (χ1n) is 9.02. The first kappa shape index (κ1) is 20.7. The highest BCUT2D eigenvalue weighted by Gasteiger charge is 2.11. The third-order valence-corrected chi connectivity index (χ3v) is 4.74. The van der Waals surface area contributed by atoms with Crippen molar-refractivity contribution in [1.82, 2.24) is 0 Å². The van der Waals surface area contributed by atoms with Crippen LogP contribution in [-0.4, -0.2) is 18.2 Å². The lowest BCUT2D eigenvalue weighted by atomic mass is 10.0. The van der Waals surface area contributed by atoms with Gasteiger partial charge in [0, 0.05) is 22.6 Å². The molecule has 0 atom stereocenters. The minimum Gasteiger partial charge on any atom is -0.497 e. The molecule has 0 aromatic heterocycles. The smallest absolute Gasteiger partial charge is 0.303 e. The van der Waals surface area contributed by atoms with E-state index in [0.717, 1.165) is 11.1 Å². The van der Waals surface area contributed by atoms with Gasteiger partial charge in [0.1, 0.15) is 23.9 Å². The Labute approximate surface area is 173 Å². The molecule has 150 valence electrons. The zero-order valence-electron chi connectivity index (χ0n) is 15.8. The minimum atomic E-state index is -0.835. The maximum atomic E-state index is 14.2. The van der Waals surface area contributed by atoms with Gasteiger partial charge in [0.15, 0.2) is 0 Å². The molecule has 3 aromatic rings. The Morgan fingerprint density at radius 1 is 1.00 bits per heavy atom. The van der Waals surface area contributed by atoms with Gasteiger partial charge in [-0.2, -0.15) is 0 Å². The van der Waals surface area contributed by atoms with Crippen molar-refractivity contribution < 1.29 is 23.8 Å². The second-order valence-corrected chi connectivity index (χ2v) is 6.90. The molecule has 0 radical (unpaired) electrons. The van der Waals surface area contributed by atoms with Crippen LogP contribution in [0.5, 0.6) is 11.5 Å². The molecule has 0 bridgehead atoms. The van der Waals surface area contributed by atoms with E-state index in [1.165, 1.54) is 13.2 Å². The average molecular weight is 415 g/mol. The highest BCUT2D eigenvalue weighted by molar-refractivity contribution is 6.33. The summed E-state index contributed by atoms with van der Waals surface area (Å²) in [6.45, 7) is 0.281. The number of carbonyl (C=O) groups is 1. The molecule has 0 aliphatic heterocycles. The number of halogens is 2. The maximum absolute atomic E-state index is 14.2. The Hall–Kier alpha value is -3.05. The molecule has 0 saturated heterocycles. The third kappa shape index (κ3) is 5.48. The predicted molar refractivity (Wildman–Crippen MR) is 110 cm³/mol. The van der Waals surface area contributed by atoms with Crippen LogP contribution >= 0.6 is 11.6 Å². The van der Waals surface area contributed by atoms with E-state index in [0.29, 0.717) is 34.1 Å². The van der Waals surface area contributed by atoms with E-state index in [4.69, 9.17) is 26.2 Å². The Bertz CT molecular complexity index is 1020. The van der Waals surface area contributed by atoms with Gasteiger partial charge >= 0.3 is 5.97 Å². The number of aliphatic carboxylic acids is 1. The highest BCUT2D eigenvalue weighted by atomic mass is 35.5. The number of rotatable bonds is 8. The van der Waals surface area contributed by atoms with Gasteiger partial charge in [-0.3, -0.25) is 4.79 Å². The van der Waals surface area contributed by atoms with Crippen molar-refractivity contribution >= 4 is 17.6 Å². The largest absolute Gasteiger partial charge is 0.497 e. The van der Waals surface area contributed by atoms with E-state index in [-0.39, 0.29) is 18.8 Å². The van der Waals surface area contributed by atoms with Crippen molar-refractivity contribution in [3.05, 3.63) is 82.6 Å². The summed E-state index contributed by atoms with van der Waals surface area (Å²) in [4.78, 5) is 10.7. The van der Waals surface area contributed by atoms with Gasteiger partial charge < -0.3 is 14.6 Å². The molecule has 0 saturated carbocycles. The first-order chi connectivity index (χ1) is 14.0. The van der Waals surface area contributed by atoms with Crippen LogP contribution in [-0.2, 0) is 17.8 Å². The molecular formula is C23H20ClFO4. The number of carboxylic acids is 1. The second kappa shape index (κ2) is 9.43. The van der Waals surface area contributed by atoms with Crippen LogP contribution in [0.2, 0.25) is 5.02 Å². The Balaban J connectivity index is 1.72. The molecule has 3 rings (SSSR count). The molecule has 0 spiro atoms. The standard InChI is InChI=1S/C23H20ClFO4/c1-28-17-7-9-22(25)20(13-17)19-8-5-16(12-21(19)24)14-29-18-4-2-3-15(11-18)6-10-23(26)27/h2-5,7-9,11-13H,6,10,14H2,1H3,(H,26,27). The zero-order valence-corrected chi connectivity index (χ0v) is 16.6. The van der Waals surface area contributed by atoms with E-state index in [1.54, 1.807) is 24.3 Å². The molecule has 0 heterocycles. The third-order valence-electron chi connectivity index (χ3n) is 4.43. The molecule has 0 aliphatic rings. The summed E-state index contributed by atoms with van der Waals surface area (Å²) in [5.74, 6) is -0.0204. The number of ether oxygens (including phenoxy) is 2. The summed E-state index contributed by atoms with van der Waals surface area (Å²) < 4.78 is 25.2. The number of carboxylic acid groups (broad SMARTS) is 1. The Kier molecular flexibility index (Phi) is 6.73. The molecule has 29 heavy (non-hydrogen) atoms. The molecule has 1 N–H and O–H groups in total. The average Bonchev–Trinajstić information content (AvgIpc) is 2.72. The number of hydrogen-bond donors (Lipinski definition) is 1. The summed E-state index contributed by atoms with van der Waals surface area (Å²) in [6, 6.07) is 17.2. The summed E-state index contributed by atoms with van der Waals surface area (Å²) in [6.07, 6.45) is 0.514.